The van der Waals surface area contributed by atoms with E-state index in [1.165, 1.54) is 24.6 Å². The van der Waals surface area contributed by atoms with Crippen LogP contribution in [-0.4, -0.2) is 58.6 Å². The normalized spacial score (nSPS) is 28.8. The van der Waals surface area contributed by atoms with E-state index in [0.29, 0.717) is 35.4 Å². The van der Waals surface area contributed by atoms with Gasteiger partial charge < -0.3 is 15.2 Å². The summed E-state index contributed by atoms with van der Waals surface area (Å²) >= 11 is 0. The molecule has 166 valence electrons. The Morgan fingerprint density at radius 2 is 1.84 bits per heavy atom. The zero-order chi connectivity index (χ0) is 21.1. The molecule has 2 saturated carbocycles. The minimum absolute atomic E-state index is 0.0451. The number of ether oxygens (including phenoxy) is 2. The summed E-state index contributed by atoms with van der Waals surface area (Å²) in [5.41, 5.74) is 8.41. The number of hydrogen-bond donors (Lipinski definition) is 1. The molecule has 0 radical (unpaired) electrons. The second-order valence-electron chi connectivity index (χ2n) is 9.32. The van der Waals surface area contributed by atoms with Crippen molar-refractivity contribution in [2.75, 3.05) is 32.0 Å². The van der Waals surface area contributed by atoms with Crippen LogP contribution in [0.4, 0.5) is 14.6 Å². The number of halogens is 2. The molecule has 0 bridgehead atoms. The van der Waals surface area contributed by atoms with Crippen molar-refractivity contribution in [2.45, 2.75) is 50.3 Å². The molecular formula is C22H27F2N5O2. The van der Waals surface area contributed by atoms with Gasteiger partial charge in [-0.15, -0.1) is 0 Å². The van der Waals surface area contributed by atoms with Crippen molar-refractivity contribution < 1.29 is 18.3 Å². The third-order valence-corrected chi connectivity index (χ3v) is 7.53. The van der Waals surface area contributed by atoms with Crippen molar-refractivity contribution in [1.82, 2.24) is 19.7 Å². The van der Waals surface area contributed by atoms with E-state index in [0.717, 1.165) is 44.8 Å². The Hall–Kier alpha value is -2.26. The summed E-state index contributed by atoms with van der Waals surface area (Å²) in [6, 6.07) is 4.67. The van der Waals surface area contributed by atoms with Gasteiger partial charge in [0.1, 0.15) is 0 Å². The highest BCUT2D eigenvalue weighted by Gasteiger charge is 2.59. The van der Waals surface area contributed by atoms with Crippen LogP contribution in [0.5, 0.6) is 5.75 Å². The van der Waals surface area contributed by atoms with E-state index in [2.05, 4.69) is 25.4 Å². The lowest BCUT2D eigenvalue weighted by molar-refractivity contribution is -0.0610. The van der Waals surface area contributed by atoms with Crippen LogP contribution in [0.1, 0.15) is 43.3 Å². The Labute approximate surface area is 179 Å². The number of nitrogens with two attached hydrogens (primary N) is 1. The van der Waals surface area contributed by atoms with Crippen LogP contribution in [0.25, 0.3) is 11.3 Å². The lowest BCUT2D eigenvalue weighted by atomic mass is 10.1. The number of alkyl halides is 2. The van der Waals surface area contributed by atoms with Crippen molar-refractivity contribution in [3.8, 4) is 17.0 Å². The topological polar surface area (TPSA) is 78.4 Å². The fourth-order valence-corrected chi connectivity index (χ4v) is 5.76. The number of pyridine rings is 1. The van der Waals surface area contributed by atoms with Gasteiger partial charge in [-0.25, -0.2) is 4.98 Å². The second-order valence-corrected chi connectivity index (χ2v) is 9.32. The van der Waals surface area contributed by atoms with Gasteiger partial charge in [0.15, 0.2) is 11.6 Å². The maximum absolute atomic E-state index is 12.7. The molecule has 2 aliphatic carbocycles. The average molecular weight is 431 g/mol. The number of hydrogen-bond acceptors (Lipinski definition) is 6. The monoisotopic (exact) mass is 431 g/mol. The van der Waals surface area contributed by atoms with Crippen LogP contribution in [0.3, 0.4) is 0 Å². The van der Waals surface area contributed by atoms with Gasteiger partial charge in [-0.1, -0.05) is 12.8 Å². The van der Waals surface area contributed by atoms with Crippen LogP contribution < -0.4 is 10.5 Å². The third-order valence-electron chi connectivity index (χ3n) is 7.53. The van der Waals surface area contributed by atoms with E-state index in [1.807, 2.05) is 0 Å². The van der Waals surface area contributed by atoms with Crippen molar-refractivity contribution in [1.29, 1.82) is 0 Å². The Kier molecular flexibility index (Phi) is 4.64. The van der Waals surface area contributed by atoms with Crippen molar-refractivity contribution in [3.63, 3.8) is 0 Å². The van der Waals surface area contributed by atoms with E-state index in [-0.39, 0.29) is 11.6 Å². The summed E-state index contributed by atoms with van der Waals surface area (Å²) in [7, 11) is 0. The van der Waals surface area contributed by atoms with Crippen LogP contribution in [-0.2, 0) is 4.74 Å². The van der Waals surface area contributed by atoms with Crippen molar-refractivity contribution in [2.24, 2.45) is 11.8 Å². The molecule has 0 unspecified atom stereocenters. The number of likely N-dealkylation sites (tertiary alicyclic amines) is 1. The molecule has 7 nitrogen and oxygen atoms in total. The molecule has 6 rings (SSSR count). The van der Waals surface area contributed by atoms with Crippen LogP contribution in [0, 0.1) is 11.8 Å². The first-order valence-corrected chi connectivity index (χ1v) is 11.2. The molecule has 31 heavy (non-hydrogen) atoms. The summed E-state index contributed by atoms with van der Waals surface area (Å²) in [6.07, 6.45) is 6.32. The molecule has 4 aliphatic rings. The molecule has 2 aromatic heterocycles. The minimum Gasteiger partial charge on any atom is -0.431 e. The molecule has 2 N–H and O–H groups in total. The largest absolute Gasteiger partial charge is 0.431 e. The lowest BCUT2D eigenvalue weighted by Gasteiger charge is -2.35. The predicted molar refractivity (Wildman–Crippen MR) is 110 cm³/mol. The SMILES string of the molecule is Nc1ncc(-c2cc([C@@H]3[C@@H]4CN(C5COC5)C[C@@H]43)n(C3CCCC3)n2)cc1OC(F)F. The number of rotatable bonds is 6. The van der Waals surface area contributed by atoms with Gasteiger partial charge in [0, 0.05) is 36.5 Å². The van der Waals surface area contributed by atoms with E-state index >= 15 is 0 Å². The Balaban J connectivity index is 1.29. The Morgan fingerprint density at radius 1 is 1.10 bits per heavy atom. The van der Waals surface area contributed by atoms with E-state index in [4.69, 9.17) is 15.6 Å². The maximum atomic E-state index is 12.7. The smallest absolute Gasteiger partial charge is 0.387 e. The van der Waals surface area contributed by atoms with Crippen molar-refractivity contribution in [3.05, 3.63) is 24.0 Å². The highest BCUT2D eigenvalue weighted by molar-refractivity contribution is 5.64. The molecule has 2 saturated heterocycles. The minimum atomic E-state index is -2.94. The Morgan fingerprint density at radius 3 is 2.48 bits per heavy atom. The molecule has 0 aromatic carbocycles. The van der Waals surface area contributed by atoms with Crippen LogP contribution in [0.15, 0.2) is 18.3 Å². The zero-order valence-electron chi connectivity index (χ0n) is 17.3. The maximum Gasteiger partial charge on any atom is 0.387 e. The summed E-state index contributed by atoms with van der Waals surface area (Å²) in [4.78, 5) is 6.63. The van der Waals surface area contributed by atoms with Gasteiger partial charge in [-0.3, -0.25) is 9.58 Å². The molecule has 9 heteroatoms. The molecular weight excluding hydrogens is 404 g/mol. The first-order chi connectivity index (χ1) is 15.1. The predicted octanol–water partition coefficient (Wildman–Crippen LogP) is 3.29. The fraction of sp³-hybridized carbons (Fsp3) is 0.636. The second kappa shape index (κ2) is 7.41. The van der Waals surface area contributed by atoms with Gasteiger partial charge in [-0.05, 0) is 36.8 Å². The summed E-state index contributed by atoms with van der Waals surface area (Å²) in [6.45, 7) is 1.04. The fourth-order valence-electron chi connectivity index (χ4n) is 5.76. The van der Waals surface area contributed by atoms with E-state index < -0.39 is 6.61 Å². The number of nitrogen functional groups attached to an aromatic ring is 1. The molecule has 4 heterocycles. The highest BCUT2D eigenvalue weighted by atomic mass is 19.3. The van der Waals surface area contributed by atoms with Gasteiger partial charge in [0.05, 0.1) is 31.0 Å². The number of fused-ring (bicyclic) bond motifs is 1. The third kappa shape index (κ3) is 3.38. The molecule has 0 amide bonds. The van der Waals surface area contributed by atoms with Gasteiger partial charge >= 0.3 is 6.61 Å². The van der Waals surface area contributed by atoms with Gasteiger partial charge in [0.25, 0.3) is 0 Å². The number of piperidine rings is 1. The summed E-state index contributed by atoms with van der Waals surface area (Å²) < 4.78 is 37.6. The Bertz CT molecular complexity index is 961. The number of aromatic nitrogens is 3. The van der Waals surface area contributed by atoms with Crippen LogP contribution in [0.2, 0.25) is 0 Å². The summed E-state index contributed by atoms with van der Waals surface area (Å²) in [5, 5.41) is 4.94. The van der Waals surface area contributed by atoms with E-state index in [9.17, 15) is 8.78 Å². The van der Waals surface area contributed by atoms with Crippen LogP contribution >= 0.6 is 0 Å². The highest BCUT2D eigenvalue weighted by Crippen LogP contribution is 2.59. The van der Waals surface area contributed by atoms with Gasteiger partial charge in [0.2, 0.25) is 0 Å². The molecule has 2 aromatic rings. The average Bonchev–Trinajstić information content (AvgIpc) is 3.18. The quantitative estimate of drug-likeness (QED) is 0.756. The lowest BCUT2D eigenvalue weighted by Crippen LogP contribution is -2.48. The van der Waals surface area contributed by atoms with E-state index in [1.54, 1.807) is 6.20 Å². The standard InChI is InChI=1S/C22H27F2N5O2/c23-22(24)31-19-5-12(7-26-21(19)25)17-6-18(29(27-17)13-3-1-2-4-13)20-15-8-28(9-16(15)20)14-10-30-11-14/h5-7,13-16,20,22H,1-4,8-11H2,(H2,25,26)/t15-,16+,20-. The number of anilines is 1. The van der Waals surface area contributed by atoms with Crippen molar-refractivity contribution >= 4 is 5.82 Å². The molecule has 4 fully saturated rings. The molecule has 2 aliphatic heterocycles. The summed E-state index contributed by atoms with van der Waals surface area (Å²) in [5.74, 6) is 1.72. The molecule has 0 spiro atoms. The first-order valence-electron chi connectivity index (χ1n) is 11.2. The number of nitrogens with zero attached hydrogens (tertiary/aromatic N) is 4. The zero-order valence-corrected chi connectivity index (χ0v) is 17.3. The molecule has 3 atom stereocenters. The first kappa shape index (κ1) is 19.4. The van der Waals surface area contributed by atoms with Gasteiger partial charge in [-0.2, -0.15) is 13.9 Å².